The monoisotopic (exact) mass is 740 g/mol. The number of rotatable bonds is 10. The molecule has 2 heterocycles. The highest BCUT2D eigenvalue weighted by Gasteiger charge is 2.68. The summed E-state index contributed by atoms with van der Waals surface area (Å²) in [5, 5.41) is 95.5. The molecule has 15 heteroatoms. The average molecular weight is 741 g/mol. The standard InChI is InChI=1S/C39H32O15/c40-19-31-38(50,29(46)15-5-20-1-9-23(41)10-2-20)36(49)39(51,30(47)16-6-21-3-11-24(42)12-4-21)37(53-31)54-35-33(48)32-27(45)17-26(44)18-28(32)52-34(35)22-7-13-25(43)14-8-22/h1-18,31,36-37,40-45,49-51H,19H2/t31-,36+,37?,38-,39-/m1/s1. The minimum absolute atomic E-state index is 0.0489. The molecule has 1 unspecified atom stereocenters. The fraction of sp³-hybridized carbons (Fsp3) is 0.154. The summed E-state index contributed by atoms with van der Waals surface area (Å²) in [5.41, 5.74) is -7.47. The van der Waals surface area contributed by atoms with Crippen molar-refractivity contribution in [3.05, 3.63) is 118 Å². The van der Waals surface area contributed by atoms with Crippen LogP contribution in [0, 0.1) is 0 Å². The number of aliphatic hydroxyl groups is 4. The van der Waals surface area contributed by atoms with Gasteiger partial charge >= 0.3 is 0 Å². The van der Waals surface area contributed by atoms with Crippen LogP contribution in [0.2, 0.25) is 0 Å². The maximum atomic E-state index is 14.1. The second kappa shape index (κ2) is 14.5. The van der Waals surface area contributed by atoms with Gasteiger partial charge < -0.3 is 59.8 Å². The third-order valence-electron chi connectivity index (χ3n) is 8.84. The molecule has 5 atom stereocenters. The quantitative estimate of drug-likeness (QED) is 0.0932. The Morgan fingerprint density at radius 1 is 0.722 bits per heavy atom. The lowest BCUT2D eigenvalue weighted by Crippen LogP contribution is -2.78. The van der Waals surface area contributed by atoms with Crippen LogP contribution in [0.3, 0.4) is 0 Å². The number of aliphatic hydroxyl groups excluding tert-OH is 2. The first kappa shape index (κ1) is 37.3. The first-order valence-electron chi connectivity index (χ1n) is 16.1. The number of hydrogen-bond donors (Lipinski definition) is 9. The number of benzene rings is 4. The largest absolute Gasteiger partial charge is 0.508 e. The van der Waals surface area contributed by atoms with E-state index in [2.05, 4.69) is 0 Å². The SMILES string of the molecule is O=C(C=Cc1ccc(O)cc1)[C@@]1(O)[C@@H](CO)OC(Oc2c(-c3ccc(O)cc3)oc3cc(O)cc(O)c3c2=O)[C@@](O)(C(=O)C=Cc2ccc(O)cc2)[C@H]1O. The molecule has 15 nitrogen and oxygen atoms in total. The van der Waals surface area contributed by atoms with E-state index in [1.165, 1.54) is 78.9 Å². The summed E-state index contributed by atoms with van der Waals surface area (Å²) >= 11 is 0. The highest BCUT2D eigenvalue weighted by Crippen LogP contribution is 2.42. The molecular formula is C39H32O15. The molecule has 9 N–H and O–H groups in total. The van der Waals surface area contributed by atoms with E-state index < -0.39 is 81.7 Å². The molecule has 0 aliphatic carbocycles. The van der Waals surface area contributed by atoms with Crippen molar-refractivity contribution in [1.82, 2.24) is 0 Å². The highest BCUT2D eigenvalue weighted by molar-refractivity contribution is 6.05. The van der Waals surface area contributed by atoms with Crippen LogP contribution in [-0.2, 0) is 14.3 Å². The van der Waals surface area contributed by atoms with Gasteiger partial charge in [-0.1, -0.05) is 36.4 Å². The normalized spacial score (nSPS) is 22.9. The molecule has 1 aliphatic heterocycles. The van der Waals surface area contributed by atoms with Gasteiger partial charge in [-0.3, -0.25) is 14.4 Å². The van der Waals surface area contributed by atoms with Crippen molar-refractivity contribution in [3.63, 3.8) is 0 Å². The van der Waals surface area contributed by atoms with E-state index in [1.807, 2.05) is 0 Å². The Morgan fingerprint density at radius 2 is 1.22 bits per heavy atom. The molecule has 6 rings (SSSR count). The van der Waals surface area contributed by atoms with E-state index in [0.29, 0.717) is 11.1 Å². The zero-order chi connectivity index (χ0) is 38.9. The van der Waals surface area contributed by atoms with Gasteiger partial charge in [-0.2, -0.15) is 0 Å². The number of phenolic OH excluding ortho intramolecular Hbond substituents is 5. The molecular weight excluding hydrogens is 708 g/mol. The van der Waals surface area contributed by atoms with Gasteiger partial charge in [0.25, 0.3) is 0 Å². The number of carbonyl (C=O) groups is 2. The number of ether oxygens (including phenoxy) is 2. The molecule has 0 amide bonds. The minimum Gasteiger partial charge on any atom is -0.508 e. The van der Waals surface area contributed by atoms with Crippen molar-refractivity contribution in [2.24, 2.45) is 0 Å². The molecule has 1 fully saturated rings. The fourth-order valence-corrected chi connectivity index (χ4v) is 5.91. The molecule has 278 valence electrons. The van der Waals surface area contributed by atoms with Gasteiger partial charge in [0.05, 0.1) is 6.61 Å². The summed E-state index contributed by atoms with van der Waals surface area (Å²) in [7, 11) is 0. The summed E-state index contributed by atoms with van der Waals surface area (Å²) in [6.07, 6.45) is -3.59. The predicted octanol–water partition coefficient (Wildman–Crippen LogP) is 2.47. The average Bonchev–Trinajstić information content (AvgIpc) is 3.15. The number of fused-ring (bicyclic) bond motifs is 1. The first-order valence-corrected chi connectivity index (χ1v) is 16.1. The predicted molar refractivity (Wildman–Crippen MR) is 189 cm³/mol. The Bertz CT molecular complexity index is 2330. The van der Waals surface area contributed by atoms with Gasteiger partial charge in [0.2, 0.25) is 23.1 Å². The van der Waals surface area contributed by atoms with Gasteiger partial charge in [0.1, 0.15) is 51.9 Å². The van der Waals surface area contributed by atoms with E-state index in [-0.39, 0.29) is 28.4 Å². The summed E-state index contributed by atoms with van der Waals surface area (Å²) in [6.45, 7) is -1.21. The summed E-state index contributed by atoms with van der Waals surface area (Å²) in [6, 6.07) is 17.7. The molecule has 1 aromatic heterocycles. The van der Waals surface area contributed by atoms with E-state index in [1.54, 1.807) is 0 Å². The zero-order valence-electron chi connectivity index (χ0n) is 27.8. The molecule has 0 saturated carbocycles. The van der Waals surface area contributed by atoms with Gasteiger partial charge in [0.15, 0.2) is 22.9 Å². The van der Waals surface area contributed by atoms with Crippen LogP contribution in [0.25, 0.3) is 34.4 Å². The Hall–Kier alpha value is -6.49. The molecule has 0 radical (unpaired) electrons. The Kier molecular flexibility index (Phi) is 10.0. The van der Waals surface area contributed by atoms with Crippen molar-refractivity contribution in [2.75, 3.05) is 6.61 Å². The molecule has 0 spiro atoms. The smallest absolute Gasteiger partial charge is 0.240 e. The molecule has 1 saturated heterocycles. The summed E-state index contributed by atoms with van der Waals surface area (Å²) in [5.74, 6) is -5.67. The minimum atomic E-state index is -3.46. The molecule has 54 heavy (non-hydrogen) atoms. The molecule has 1 aliphatic rings. The number of aromatic hydroxyl groups is 5. The van der Waals surface area contributed by atoms with E-state index in [9.17, 15) is 60.3 Å². The Balaban J connectivity index is 1.50. The lowest BCUT2D eigenvalue weighted by Gasteiger charge is -2.51. The maximum absolute atomic E-state index is 14.1. The van der Waals surface area contributed by atoms with Crippen LogP contribution in [0.5, 0.6) is 34.5 Å². The lowest BCUT2D eigenvalue weighted by molar-refractivity contribution is -0.328. The first-order chi connectivity index (χ1) is 25.7. The van der Waals surface area contributed by atoms with E-state index in [0.717, 1.165) is 30.4 Å². The number of ketones is 2. The van der Waals surface area contributed by atoms with Gasteiger partial charge in [0, 0.05) is 17.7 Å². The third-order valence-corrected chi connectivity index (χ3v) is 8.84. The zero-order valence-corrected chi connectivity index (χ0v) is 27.8. The third kappa shape index (κ3) is 6.76. The number of hydrogen-bond acceptors (Lipinski definition) is 15. The Labute approximate surface area is 304 Å². The van der Waals surface area contributed by atoms with Crippen LogP contribution in [0.4, 0.5) is 0 Å². The van der Waals surface area contributed by atoms with Crippen molar-refractivity contribution < 1.29 is 69.4 Å². The molecule has 0 bridgehead atoms. The number of carbonyl (C=O) groups excluding carboxylic acids is 2. The van der Waals surface area contributed by atoms with Crippen molar-refractivity contribution in [2.45, 2.75) is 29.7 Å². The number of phenols is 5. The van der Waals surface area contributed by atoms with Crippen LogP contribution < -0.4 is 10.2 Å². The topological polar surface area (TPSA) is 265 Å². The van der Waals surface area contributed by atoms with Crippen molar-refractivity contribution in [3.8, 4) is 45.8 Å². The molecule has 5 aromatic rings. The lowest BCUT2D eigenvalue weighted by atomic mass is 9.72. The summed E-state index contributed by atoms with van der Waals surface area (Å²) < 4.78 is 17.5. The van der Waals surface area contributed by atoms with Crippen LogP contribution in [0.15, 0.2) is 106 Å². The second-order valence-corrected chi connectivity index (χ2v) is 12.4. The van der Waals surface area contributed by atoms with Crippen LogP contribution in [0.1, 0.15) is 11.1 Å². The molecule has 4 aromatic carbocycles. The van der Waals surface area contributed by atoms with Crippen LogP contribution in [-0.4, -0.2) is 93.8 Å². The van der Waals surface area contributed by atoms with Gasteiger partial charge in [-0.15, -0.1) is 0 Å². The fourth-order valence-electron chi connectivity index (χ4n) is 5.91. The van der Waals surface area contributed by atoms with Gasteiger partial charge in [-0.05, 0) is 71.8 Å². The van der Waals surface area contributed by atoms with Gasteiger partial charge in [-0.25, -0.2) is 0 Å². The van der Waals surface area contributed by atoms with E-state index >= 15 is 0 Å². The van der Waals surface area contributed by atoms with Crippen molar-refractivity contribution >= 4 is 34.7 Å². The maximum Gasteiger partial charge on any atom is 0.240 e. The van der Waals surface area contributed by atoms with E-state index in [4.69, 9.17) is 13.9 Å². The van der Waals surface area contributed by atoms with Crippen LogP contribution >= 0.6 is 0 Å². The Morgan fingerprint density at radius 3 is 1.74 bits per heavy atom. The van der Waals surface area contributed by atoms with Crippen molar-refractivity contribution in [1.29, 1.82) is 0 Å². The summed E-state index contributed by atoms with van der Waals surface area (Å²) in [4.78, 5) is 41.8. The highest BCUT2D eigenvalue weighted by atomic mass is 16.7. The second-order valence-electron chi connectivity index (χ2n) is 12.4.